The molecule has 1 heterocycles. The summed E-state index contributed by atoms with van der Waals surface area (Å²) in [6.45, 7) is 0. The van der Waals surface area contributed by atoms with Crippen molar-refractivity contribution in [1.29, 1.82) is 0 Å². The molecule has 0 spiro atoms. The molecule has 0 radical (unpaired) electrons. The summed E-state index contributed by atoms with van der Waals surface area (Å²) in [6.07, 6.45) is 1.02. The standard InChI is InChI=1S/C13H12BrClN2O2/c1-19-13-6-9(16-7-17-13)5-12(18)10-4-8(14)2-3-11(10)15/h2-4,6-7,12,18H,5H2,1H3. The molecule has 1 atom stereocenters. The van der Waals surface area contributed by atoms with Crippen LogP contribution in [-0.2, 0) is 6.42 Å². The summed E-state index contributed by atoms with van der Waals surface area (Å²) in [5, 5.41) is 10.8. The van der Waals surface area contributed by atoms with Crippen molar-refractivity contribution in [2.45, 2.75) is 12.5 Å². The molecule has 0 aliphatic carbocycles. The number of rotatable bonds is 4. The Morgan fingerprint density at radius 3 is 2.89 bits per heavy atom. The minimum atomic E-state index is -0.732. The zero-order valence-corrected chi connectivity index (χ0v) is 12.5. The topological polar surface area (TPSA) is 55.2 Å². The third-order valence-corrected chi connectivity index (χ3v) is 3.46. The molecule has 1 unspecified atom stereocenters. The zero-order valence-electron chi connectivity index (χ0n) is 10.2. The minimum Gasteiger partial charge on any atom is -0.481 e. The molecule has 1 N–H and O–H groups in total. The van der Waals surface area contributed by atoms with Gasteiger partial charge < -0.3 is 9.84 Å². The van der Waals surface area contributed by atoms with Gasteiger partial charge in [0.05, 0.1) is 18.9 Å². The number of aliphatic hydroxyl groups excluding tert-OH is 1. The van der Waals surface area contributed by atoms with Crippen LogP contribution in [0.25, 0.3) is 0 Å². The molecular formula is C13H12BrClN2O2. The second-order valence-electron chi connectivity index (χ2n) is 3.94. The van der Waals surface area contributed by atoms with Crippen LogP contribution in [0.2, 0.25) is 5.02 Å². The Kier molecular flexibility index (Phi) is 4.74. The van der Waals surface area contributed by atoms with E-state index >= 15 is 0 Å². The fraction of sp³-hybridized carbons (Fsp3) is 0.231. The number of hydrogen-bond donors (Lipinski definition) is 1. The average Bonchev–Trinajstić information content (AvgIpc) is 2.41. The van der Waals surface area contributed by atoms with Gasteiger partial charge in [0.2, 0.25) is 5.88 Å². The Balaban J connectivity index is 2.20. The quantitative estimate of drug-likeness (QED) is 0.926. The number of ether oxygens (including phenoxy) is 1. The van der Waals surface area contributed by atoms with Crippen molar-refractivity contribution in [3.05, 3.63) is 51.3 Å². The van der Waals surface area contributed by atoms with Gasteiger partial charge in [-0.3, -0.25) is 0 Å². The van der Waals surface area contributed by atoms with Crippen LogP contribution in [0.5, 0.6) is 5.88 Å². The first-order chi connectivity index (χ1) is 9.10. The Labute approximate surface area is 124 Å². The molecule has 0 saturated heterocycles. The molecule has 1 aromatic carbocycles. The van der Waals surface area contributed by atoms with Crippen molar-refractivity contribution >= 4 is 27.5 Å². The molecule has 0 amide bonds. The third-order valence-electron chi connectivity index (χ3n) is 2.63. The highest BCUT2D eigenvalue weighted by Crippen LogP contribution is 2.28. The number of aromatic nitrogens is 2. The molecule has 0 aliphatic heterocycles. The Bertz CT molecular complexity index is 580. The lowest BCUT2D eigenvalue weighted by atomic mass is 10.0. The van der Waals surface area contributed by atoms with Gasteiger partial charge in [0.1, 0.15) is 6.33 Å². The van der Waals surface area contributed by atoms with Crippen LogP contribution in [0.15, 0.2) is 35.1 Å². The normalized spacial score (nSPS) is 12.2. The molecule has 2 aromatic rings. The van der Waals surface area contributed by atoms with Crippen LogP contribution in [0.3, 0.4) is 0 Å². The zero-order chi connectivity index (χ0) is 13.8. The number of benzene rings is 1. The summed E-state index contributed by atoms with van der Waals surface area (Å²) in [5.74, 6) is 0.470. The Morgan fingerprint density at radius 1 is 1.37 bits per heavy atom. The summed E-state index contributed by atoms with van der Waals surface area (Å²) < 4.78 is 5.89. The SMILES string of the molecule is COc1cc(CC(O)c2cc(Br)ccc2Cl)ncn1. The van der Waals surface area contributed by atoms with E-state index in [2.05, 4.69) is 25.9 Å². The van der Waals surface area contributed by atoms with Gasteiger partial charge in [-0.15, -0.1) is 0 Å². The van der Waals surface area contributed by atoms with E-state index in [-0.39, 0.29) is 0 Å². The van der Waals surface area contributed by atoms with Crippen LogP contribution in [0.4, 0.5) is 0 Å². The number of nitrogens with zero attached hydrogens (tertiary/aromatic N) is 2. The number of halogens is 2. The number of hydrogen-bond acceptors (Lipinski definition) is 4. The second kappa shape index (κ2) is 6.32. The van der Waals surface area contributed by atoms with E-state index in [4.69, 9.17) is 16.3 Å². The summed E-state index contributed by atoms with van der Waals surface area (Å²) in [5.41, 5.74) is 1.35. The fourth-order valence-corrected chi connectivity index (χ4v) is 2.30. The summed E-state index contributed by atoms with van der Waals surface area (Å²) in [7, 11) is 1.54. The number of aliphatic hydroxyl groups is 1. The second-order valence-corrected chi connectivity index (χ2v) is 5.26. The van der Waals surface area contributed by atoms with Gasteiger partial charge in [-0.1, -0.05) is 27.5 Å². The van der Waals surface area contributed by atoms with E-state index in [0.717, 1.165) is 4.47 Å². The van der Waals surface area contributed by atoms with E-state index < -0.39 is 6.10 Å². The average molecular weight is 344 g/mol. The van der Waals surface area contributed by atoms with Crippen molar-refractivity contribution in [2.24, 2.45) is 0 Å². The van der Waals surface area contributed by atoms with Crippen molar-refractivity contribution < 1.29 is 9.84 Å². The van der Waals surface area contributed by atoms with Gasteiger partial charge in [0.15, 0.2) is 0 Å². The molecule has 0 fully saturated rings. The maximum Gasteiger partial charge on any atom is 0.216 e. The molecule has 1 aromatic heterocycles. The van der Waals surface area contributed by atoms with E-state index in [1.165, 1.54) is 13.4 Å². The largest absolute Gasteiger partial charge is 0.481 e. The maximum atomic E-state index is 10.2. The third kappa shape index (κ3) is 3.65. The van der Waals surface area contributed by atoms with Crippen LogP contribution in [-0.4, -0.2) is 22.2 Å². The van der Waals surface area contributed by atoms with Gasteiger partial charge in [0, 0.05) is 27.5 Å². The van der Waals surface area contributed by atoms with Gasteiger partial charge in [-0.2, -0.15) is 0 Å². The lowest BCUT2D eigenvalue weighted by Gasteiger charge is -2.13. The van der Waals surface area contributed by atoms with Gasteiger partial charge in [0.25, 0.3) is 0 Å². The molecular weight excluding hydrogens is 332 g/mol. The predicted octanol–water partition coefficient (Wildman–Crippen LogP) is 3.18. The lowest BCUT2D eigenvalue weighted by Crippen LogP contribution is -2.05. The van der Waals surface area contributed by atoms with Crippen molar-refractivity contribution in [3.8, 4) is 5.88 Å². The van der Waals surface area contributed by atoms with Crippen LogP contribution >= 0.6 is 27.5 Å². The Morgan fingerprint density at radius 2 is 2.16 bits per heavy atom. The highest BCUT2D eigenvalue weighted by Gasteiger charge is 2.14. The van der Waals surface area contributed by atoms with E-state index in [1.807, 2.05) is 6.07 Å². The first-order valence-electron chi connectivity index (χ1n) is 5.58. The van der Waals surface area contributed by atoms with Crippen LogP contribution < -0.4 is 4.74 Å². The van der Waals surface area contributed by atoms with Crippen LogP contribution in [0.1, 0.15) is 17.4 Å². The summed E-state index contributed by atoms with van der Waals surface area (Å²) in [6, 6.07) is 7.05. The molecule has 0 aliphatic rings. The van der Waals surface area contributed by atoms with E-state index in [0.29, 0.717) is 28.6 Å². The highest BCUT2D eigenvalue weighted by atomic mass is 79.9. The first-order valence-corrected chi connectivity index (χ1v) is 6.75. The van der Waals surface area contributed by atoms with Gasteiger partial charge >= 0.3 is 0 Å². The first kappa shape index (κ1) is 14.2. The van der Waals surface area contributed by atoms with Gasteiger partial charge in [-0.05, 0) is 18.2 Å². The smallest absolute Gasteiger partial charge is 0.216 e. The van der Waals surface area contributed by atoms with Gasteiger partial charge in [-0.25, -0.2) is 9.97 Å². The molecule has 4 nitrogen and oxygen atoms in total. The monoisotopic (exact) mass is 342 g/mol. The Hall–Kier alpha value is -1.17. The van der Waals surface area contributed by atoms with E-state index in [1.54, 1.807) is 18.2 Å². The predicted molar refractivity (Wildman–Crippen MR) is 76.4 cm³/mol. The van der Waals surface area contributed by atoms with E-state index in [9.17, 15) is 5.11 Å². The lowest BCUT2D eigenvalue weighted by molar-refractivity contribution is 0.177. The summed E-state index contributed by atoms with van der Waals surface area (Å²) in [4.78, 5) is 8.02. The molecule has 2 rings (SSSR count). The fourth-order valence-electron chi connectivity index (χ4n) is 1.68. The molecule has 0 saturated carbocycles. The molecule has 19 heavy (non-hydrogen) atoms. The van der Waals surface area contributed by atoms with Crippen molar-refractivity contribution in [1.82, 2.24) is 9.97 Å². The van der Waals surface area contributed by atoms with Crippen molar-refractivity contribution in [2.75, 3.05) is 7.11 Å². The highest BCUT2D eigenvalue weighted by molar-refractivity contribution is 9.10. The summed E-state index contributed by atoms with van der Waals surface area (Å²) >= 11 is 9.44. The van der Waals surface area contributed by atoms with Crippen molar-refractivity contribution in [3.63, 3.8) is 0 Å². The minimum absolute atomic E-state index is 0.342. The number of methoxy groups -OCH3 is 1. The maximum absolute atomic E-state index is 10.2. The van der Waals surface area contributed by atoms with Crippen LogP contribution in [0, 0.1) is 0 Å². The molecule has 6 heteroatoms. The molecule has 0 bridgehead atoms. The molecule has 100 valence electrons.